The summed E-state index contributed by atoms with van der Waals surface area (Å²) in [6.07, 6.45) is 3.80. The maximum atomic E-state index is 12.7. The van der Waals surface area contributed by atoms with Gasteiger partial charge in [0.15, 0.2) is 11.3 Å². The Morgan fingerprint density at radius 2 is 1.60 bits per heavy atom. The van der Waals surface area contributed by atoms with Crippen LogP contribution in [-0.2, 0) is 21.6 Å². The number of furan rings is 1. The molecule has 0 unspecified atom stereocenters. The van der Waals surface area contributed by atoms with Gasteiger partial charge < -0.3 is 19.1 Å². The Kier molecular flexibility index (Phi) is 8.01. The Balaban J connectivity index is 0.00000323. The van der Waals surface area contributed by atoms with Crippen molar-refractivity contribution in [2.45, 2.75) is 24.9 Å². The summed E-state index contributed by atoms with van der Waals surface area (Å²) in [5.74, 6) is -0.544. The van der Waals surface area contributed by atoms with Crippen molar-refractivity contribution in [1.82, 2.24) is 4.98 Å². The van der Waals surface area contributed by atoms with E-state index < -0.39 is 17.5 Å². The largest absolute Gasteiger partial charge is 1.00 e. The topological polar surface area (TPSA) is 104 Å². The molecule has 0 spiro atoms. The molecule has 1 amide bonds. The molecular formula is C31H22ClN2NaO5. The molecule has 3 aromatic carbocycles. The van der Waals surface area contributed by atoms with Crippen molar-refractivity contribution in [3.8, 4) is 22.5 Å². The van der Waals surface area contributed by atoms with Gasteiger partial charge in [-0.25, -0.2) is 4.79 Å². The Labute approximate surface area is 257 Å². The molecule has 5 aromatic rings. The molecule has 0 saturated heterocycles. The molecule has 1 fully saturated rings. The summed E-state index contributed by atoms with van der Waals surface area (Å²) in [5, 5.41) is 15.6. The first-order chi connectivity index (χ1) is 18.9. The van der Waals surface area contributed by atoms with Crippen LogP contribution in [0.3, 0.4) is 0 Å². The number of fused-ring (bicyclic) bond motifs is 1. The van der Waals surface area contributed by atoms with Gasteiger partial charge in [-0.1, -0.05) is 78.3 Å². The normalized spacial score (nSPS) is 13.3. The molecule has 1 aliphatic carbocycles. The van der Waals surface area contributed by atoms with Crippen LogP contribution in [0.1, 0.15) is 24.0 Å². The maximum absolute atomic E-state index is 12.7. The molecule has 1 N–H and O–H groups in total. The number of anilines is 1. The molecule has 0 radical (unpaired) electrons. The van der Waals surface area contributed by atoms with Crippen molar-refractivity contribution >= 4 is 40.3 Å². The average molecular weight is 561 g/mol. The fraction of sp³-hybridized carbons (Fsp3) is 0.129. The zero-order valence-electron chi connectivity index (χ0n) is 21.6. The number of aliphatic carboxylic acids is 1. The summed E-state index contributed by atoms with van der Waals surface area (Å²) in [5.41, 5.74) is 4.30. The molecule has 1 saturated carbocycles. The SMILES string of the molecule is O=C(Nc1c(-c2ccc(-c3ccc(C4(C(=O)[O-])CC4)cc3)cc2)oc2cnccc12)OCc1ccccc1Cl.[Na+]. The van der Waals surface area contributed by atoms with Gasteiger partial charge >= 0.3 is 35.7 Å². The van der Waals surface area contributed by atoms with Gasteiger partial charge in [0.1, 0.15) is 6.61 Å². The molecule has 40 heavy (non-hydrogen) atoms. The second-order valence-corrected chi connectivity index (χ2v) is 9.90. The molecule has 7 nitrogen and oxygen atoms in total. The van der Waals surface area contributed by atoms with Crippen molar-refractivity contribution in [3.63, 3.8) is 0 Å². The quantitative estimate of drug-likeness (QED) is 0.306. The van der Waals surface area contributed by atoms with E-state index in [0.29, 0.717) is 45.8 Å². The minimum absolute atomic E-state index is 0. The average Bonchev–Trinajstić information content (AvgIpc) is 3.70. The van der Waals surface area contributed by atoms with E-state index in [-0.39, 0.29) is 36.2 Å². The molecule has 0 atom stereocenters. The number of carbonyl (C=O) groups excluding carboxylic acids is 2. The van der Waals surface area contributed by atoms with Crippen molar-refractivity contribution in [1.29, 1.82) is 0 Å². The maximum Gasteiger partial charge on any atom is 1.00 e. The summed E-state index contributed by atoms with van der Waals surface area (Å²) in [4.78, 5) is 28.4. The number of carboxylic acids is 1. The van der Waals surface area contributed by atoms with Crippen LogP contribution in [0.15, 0.2) is 95.7 Å². The number of halogens is 1. The summed E-state index contributed by atoms with van der Waals surface area (Å²) in [7, 11) is 0. The van der Waals surface area contributed by atoms with Gasteiger partial charge in [-0.05, 0) is 41.7 Å². The Morgan fingerprint density at radius 1 is 0.950 bits per heavy atom. The van der Waals surface area contributed by atoms with E-state index in [0.717, 1.165) is 22.3 Å². The van der Waals surface area contributed by atoms with Gasteiger partial charge in [0.05, 0.1) is 17.9 Å². The minimum Gasteiger partial charge on any atom is -0.549 e. The van der Waals surface area contributed by atoms with Crippen LogP contribution in [0.25, 0.3) is 33.4 Å². The van der Waals surface area contributed by atoms with Crippen LogP contribution in [0.4, 0.5) is 10.5 Å². The summed E-state index contributed by atoms with van der Waals surface area (Å²) in [6.45, 7) is 0.0236. The van der Waals surface area contributed by atoms with Crippen LogP contribution in [0.2, 0.25) is 5.02 Å². The number of amides is 1. The zero-order chi connectivity index (χ0) is 27.0. The predicted molar refractivity (Wildman–Crippen MR) is 146 cm³/mol. The van der Waals surface area contributed by atoms with Gasteiger partial charge in [-0.15, -0.1) is 0 Å². The van der Waals surface area contributed by atoms with Gasteiger partial charge in [-0.2, -0.15) is 0 Å². The third-order valence-corrected chi connectivity index (χ3v) is 7.46. The number of hydrogen-bond acceptors (Lipinski definition) is 6. The van der Waals surface area contributed by atoms with Crippen LogP contribution in [-0.4, -0.2) is 17.0 Å². The second kappa shape index (κ2) is 11.5. The first-order valence-electron chi connectivity index (χ1n) is 12.4. The molecule has 2 aromatic heterocycles. The number of carbonyl (C=O) groups is 2. The molecular weight excluding hydrogens is 539 g/mol. The number of rotatable bonds is 7. The first-order valence-corrected chi connectivity index (χ1v) is 12.8. The van der Waals surface area contributed by atoms with Crippen molar-refractivity contribution in [2.24, 2.45) is 0 Å². The number of nitrogens with one attached hydrogen (secondary N) is 1. The van der Waals surface area contributed by atoms with Gasteiger partial charge in [0.25, 0.3) is 0 Å². The zero-order valence-corrected chi connectivity index (χ0v) is 24.4. The summed E-state index contributed by atoms with van der Waals surface area (Å²) in [6, 6.07) is 24.2. The molecule has 9 heteroatoms. The Bertz CT molecular complexity index is 1700. The van der Waals surface area contributed by atoms with E-state index in [1.54, 1.807) is 30.6 Å². The van der Waals surface area contributed by atoms with E-state index in [1.807, 2.05) is 60.7 Å². The van der Waals surface area contributed by atoms with E-state index >= 15 is 0 Å². The number of hydrogen-bond donors (Lipinski definition) is 1. The molecule has 1 aliphatic rings. The monoisotopic (exact) mass is 560 g/mol. The molecule has 6 rings (SSSR count). The third kappa shape index (κ3) is 5.38. The summed E-state index contributed by atoms with van der Waals surface area (Å²) < 4.78 is 11.5. The second-order valence-electron chi connectivity index (χ2n) is 9.49. The van der Waals surface area contributed by atoms with Crippen molar-refractivity contribution in [3.05, 3.63) is 107 Å². The fourth-order valence-corrected chi connectivity index (χ4v) is 4.90. The van der Waals surface area contributed by atoms with Gasteiger partial charge in [-0.3, -0.25) is 10.3 Å². The fourth-order valence-electron chi connectivity index (χ4n) is 4.71. The van der Waals surface area contributed by atoms with Crippen LogP contribution in [0.5, 0.6) is 0 Å². The van der Waals surface area contributed by atoms with Crippen molar-refractivity contribution in [2.75, 3.05) is 5.32 Å². The van der Waals surface area contributed by atoms with Crippen LogP contribution in [0, 0.1) is 0 Å². The van der Waals surface area contributed by atoms with Gasteiger partial charge in [0.2, 0.25) is 0 Å². The van der Waals surface area contributed by atoms with E-state index in [1.165, 1.54) is 0 Å². The van der Waals surface area contributed by atoms with Crippen LogP contribution >= 0.6 is 11.6 Å². The van der Waals surface area contributed by atoms with Crippen LogP contribution < -0.4 is 40.0 Å². The standard InChI is InChI=1S/C31H23ClN2O5.Na/c32-25-4-2-1-3-22(25)18-38-30(37)34-27-24-13-16-33-17-26(24)39-28(27)21-7-5-19(6-8-21)20-9-11-23(12-10-20)31(14-15-31)29(35)36;/h1-13,16-17H,14-15,18H2,(H,34,37)(H,35,36);/q;+1/p-1. The summed E-state index contributed by atoms with van der Waals surface area (Å²) >= 11 is 6.17. The molecule has 0 aliphatic heterocycles. The smallest absolute Gasteiger partial charge is 0.549 e. The van der Waals surface area contributed by atoms with Gasteiger partial charge in [0, 0.05) is 33.1 Å². The number of aromatic nitrogens is 1. The Hall–Kier alpha value is -3.62. The number of ether oxygens (including phenoxy) is 1. The first kappa shape index (κ1) is 27.9. The predicted octanol–water partition coefficient (Wildman–Crippen LogP) is 3.35. The number of carboxylic acid groups (broad SMARTS) is 1. The third-order valence-electron chi connectivity index (χ3n) is 7.10. The minimum atomic E-state index is -1.02. The number of nitrogens with zero attached hydrogens (tertiary/aromatic N) is 1. The molecule has 194 valence electrons. The molecule has 0 bridgehead atoms. The number of benzene rings is 3. The molecule has 2 heterocycles. The number of pyridine rings is 1. The Morgan fingerprint density at radius 3 is 2.25 bits per heavy atom. The van der Waals surface area contributed by atoms with E-state index in [9.17, 15) is 14.7 Å². The van der Waals surface area contributed by atoms with E-state index in [4.69, 9.17) is 20.8 Å². The van der Waals surface area contributed by atoms with E-state index in [2.05, 4.69) is 10.3 Å². The van der Waals surface area contributed by atoms with Crippen molar-refractivity contribution < 1.29 is 53.4 Å².